The zero-order valence-corrected chi connectivity index (χ0v) is 26.3. The summed E-state index contributed by atoms with van der Waals surface area (Å²) >= 11 is 0. The fourth-order valence-electron chi connectivity index (χ4n) is 5.74. The molecule has 0 aromatic carbocycles. The molecule has 0 bridgehead atoms. The minimum absolute atomic E-state index is 0.0135. The Morgan fingerprint density at radius 1 is 0.884 bits per heavy atom. The number of likely N-dealkylation sites (N-methyl/N-ethyl adjacent to an activating group) is 1. The summed E-state index contributed by atoms with van der Waals surface area (Å²) in [5.41, 5.74) is 12.8. The van der Waals surface area contributed by atoms with Crippen LogP contribution in [0, 0.1) is 17.3 Å². The highest BCUT2D eigenvalue weighted by Crippen LogP contribution is 2.35. The van der Waals surface area contributed by atoms with Crippen LogP contribution in [-0.2, 0) is 18.9 Å². The largest absolute Gasteiger partial charge is 0.449 e. The van der Waals surface area contributed by atoms with Gasteiger partial charge in [-0.3, -0.25) is 0 Å². The van der Waals surface area contributed by atoms with Crippen LogP contribution >= 0.6 is 0 Å². The van der Waals surface area contributed by atoms with E-state index in [1.165, 1.54) is 6.42 Å². The SMILES string of the molecule is CCC(COCCCN=[N+]=[N-])(COC(N)=O)COC(=O)NC1CCC(CC2CCC(NC(=O)OCCN(C)C)CC2)CC1. The van der Waals surface area contributed by atoms with Crippen molar-refractivity contribution in [3.63, 3.8) is 0 Å². The van der Waals surface area contributed by atoms with Crippen molar-refractivity contribution in [2.24, 2.45) is 28.1 Å². The van der Waals surface area contributed by atoms with E-state index in [9.17, 15) is 14.4 Å². The van der Waals surface area contributed by atoms with Crippen molar-refractivity contribution in [2.45, 2.75) is 89.6 Å². The molecule has 0 aliphatic heterocycles. The summed E-state index contributed by atoms with van der Waals surface area (Å²) in [6.07, 6.45) is 8.73. The summed E-state index contributed by atoms with van der Waals surface area (Å²) in [5.74, 6) is 1.32. The van der Waals surface area contributed by atoms with E-state index in [1.54, 1.807) is 0 Å². The summed E-state index contributed by atoms with van der Waals surface area (Å²) in [5, 5.41) is 9.49. The number of rotatable bonds is 18. The lowest BCUT2D eigenvalue weighted by molar-refractivity contribution is -0.0377. The van der Waals surface area contributed by atoms with Gasteiger partial charge in [-0.15, -0.1) is 0 Å². The highest BCUT2D eigenvalue weighted by Gasteiger charge is 2.33. The summed E-state index contributed by atoms with van der Waals surface area (Å²) < 4.78 is 21.6. The maximum atomic E-state index is 12.7. The Hall–Kier alpha value is -2.96. The molecule has 0 saturated heterocycles. The van der Waals surface area contributed by atoms with Gasteiger partial charge >= 0.3 is 18.3 Å². The molecule has 0 aromatic rings. The molecule has 2 fully saturated rings. The molecule has 2 aliphatic rings. The van der Waals surface area contributed by atoms with Gasteiger partial charge in [-0.05, 0) is 102 Å². The summed E-state index contributed by atoms with van der Waals surface area (Å²) in [7, 11) is 3.90. The molecule has 14 nitrogen and oxygen atoms in total. The number of amides is 3. The van der Waals surface area contributed by atoms with Crippen molar-refractivity contribution in [3.05, 3.63) is 10.4 Å². The Kier molecular flexibility index (Phi) is 16.9. The number of nitrogens with two attached hydrogens (primary N) is 1. The summed E-state index contributed by atoms with van der Waals surface area (Å²) in [4.78, 5) is 40.6. The summed E-state index contributed by atoms with van der Waals surface area (Å²) in [6, 6.07) is 0.260. The van der Waals surface area contributed by atoms with Gasteiger partial charge in [0.2, 0.25) is 0 Å². The second-order valence-electron chi connectivity index (χ2n) is 12.3. The second kappa shape index (κ2) is 20.1. The number of nitrogens with one attached hydrogen (secondary N) is 2. The fourth-order valence-corrected chi connectivity index (χ4v) is 5.74. The molecule has 14 heteroatoms. The third-order valence-electron chi connectivity index (χ3n) is 8.57. The minimum atomic E-state index is -0.900. The molecule has 246 valence electrons. The number of hydrogen-bond donors (Lipinski definition) is 3. The van der Waals surface area contributed by atoms with Crippen molar-refractivity contribution < 1.29 is 33.3 Å². The summed E-state index contributed by atoms with van der Waals surface area (Å²) in [6.45, 7) is 3.87. The van der Waals surface area contributed by atoms with Gasteiger partial charge in [-0.2, -0.15) is 0 Å². The predicted octanol–water partition coefficient (Wildman–Crippen LogP) is 4.72. The Morgan fingerprint density at radius 2 is 1.44 bits per heavy atom. The molecule has 4 N–H and O–H groups in total. The first-order valence-electron chi connectivity index (χ1n) is 15.7. The first kappa shape index (κ1) is 36.2. The second-order valence-corrected chi connectivity index (χ2v) is 12.3. The average Bonchev–Trinajstić information content (AvgIpc) is 2.98. The quantitative estimate of drug-likeness (QED) is 0.0652. The van der Waals surface area contributed by atoms with E-state index in [1.807, 2.05) is 25.9 Å². The number of ether oxygens (including phenoxy) is 4. The Balaban J connectivity index is 1.67. The molecule has 0 radical (unpaired) electrons. The van der Waals surface area contributed by atoms with Crippen LogP contribution < -0.4 is 16.4 Å². The molecular formula is C29H53N7O7. The number of hydrogen-bond acceptors (Lipinski definition) is 9. The van der Waals surface area contributed by atoms with Gasteiger partial charge < -0.3 is 40.2 Å². The van der Waals surface area contributed by atoms with Gasteiger partial charge in [-0.1, -0.05) is 12.0 Å². The topological polar surface area (TPSA) is 190 Å². The highest BCUT2D eigenvalue weighted by molar-refractivity contribution is 5.68. The Labute approximate surface area is 255 Å². The van der Waals surface area contributed by atoms with Crippen molar-refractivity contribution in [3.8, 4) is 0 Å². The van der Waals surface area contributed by atoms with E-state index >= 15 is 0 Å². The first-order valence-corrected chi connectivity index (χ1v) is 15.7. The van der Waals surface area contributed by atoms with Crippen LogP contribution in [0.5, 0.6) is 0 Å². The van der Waals surface area contributed by atoms with Crippen LogP contribution in [0.1, 0.15) is 77.6 Å². The standard InChI is InChI=1S/C29H53N7O7/c1-4-29(20-42-26(30)37,19-40-16-5-14-32-35-31)21-43-28(39)34-25-12-8-23(9-13-25)18-22-6-10-24(11-7-22)33-27(38)41-17-15-36(2)3/h22-25H,4-21H2,1-3H3,(H2,30,37)(H,33,38)(H,34,39). The molecule has 43 heavy (non-hydrogen) atoms. The molecule has 0 aromatic heterocycles. The number of carbonyl (C=O) groups is 3. The lowest BCUT2D eigenvalue weighted by Crippen LogP contribution is -2.43. The molecule has 3 amide bonds. The molecule has 2 aliphatic carbocycles. The van der Waals surface area contributed by atoms with Crippen LogP contribution in [0.15, 0.2) is 5.11 Å². The van der Waals surface area contributed by atoms with Crippen LogP contribution in [0.2, 0.25) is 0 Å². The van der Waals surface area contributed by atoms with E-state index in [-0.39, 0.29) is 38.0 Å². The maximum Gasteiger partial charge on any atom is 0.407 e. The van der Waals surface area contributed by atoms with Crippen LogP contribution in [-0.4, -0.2) is 95.5 Å². The molecule has 2 rings (SSSR count). The van der Waals surface area contributed by atoms with Gasteiger partial charge in [0.1, 0.15) is 19.8 Å². The Morgan fingerprint density at radius 3 is 1.95 bits per heavy atom. The molecule has 0 spiro atoms. The lowest BCUT2D eigenvalue weighted by atomic mass is 9.76. The average molecular weight is 612 g/mol. The predicted molar refractivity (Wildman–Crippen MR) is 161 cm³/mol. The normalized spacial score (nSPS) is 23.3. The highest BCUT2D eigenvalue weighted by atomic mass is 16.6. The molecule has 0 heterocycles. The third kappa shape index (κ3) is 15.4. The number of alkyl carbamates (subject to hydrolysis) is 2. The monoisotopic (exact) mass is 611 g/mol. The van der Waals surface area contributed by atoms with Gasteiger partial charge in [0, 0.05) is 36.7 Å². The lowest BCUT2D eigenvalue weighted by Gasteiger charge is -2.34. The molecular weight excluding hydrogens is 558 g/mol. The zero-order chi connectivity index (χ0) is 31.5. The van der Waals surface area contributed by atoms with E-state index < -0.39 is 17.6 Å². The van der Waals surface area contributed by atoms with Crippen LogP contribution in [0.4, 0.5) is 14.4 Å². The molecule has 2 saturated carbocycles. The first-order chi connectivity index (χ1) is 20.6. The van der Waals surface area contributed by atoms with Gasteiger partial charge in [0.05, 0.1) is 12.0 Å². The number of nitrogens with zero attached hydrogens (tertiary/aromatic N) is 4. The van der Waals surface area contributed by atoms with Crippen molar-refractivity contribution in [1.82, 2.24) is 15.5 Å². The van der Waals surface area contributed by atoms with E-state index in [2.05, 4.69) is 20.7 Å². The number of carbonyl (C=O) groups excluding carboxylic acids is 3. The molecule has 1 atom stereocenters. The van der Waals surface area contributed by atoms with Gasteiger partial charge in [-0.25, -0.2) is 14.4 Å². The van der Waals surface area contributed by atoms with E-state index in [0.29, 0.717) is 51.0 Å². The smallest absolute Gasteiger partial charge is 0.407 e. The van der Waals surface area contributed by atoms with E-state index in [4.69, 9.17) is 30.2 Å². The van der Waals surface area contributed by atoms with E-state index in [0.717, 1.165) is 51.4 Å². The van der Waals surface area contributed by atoms with Crippen molar-refractivity contribution >= 4 is 18.3 Å². The van der Waals surface area contributed by atoms with Crippen molar-refractivity contribution in [2.75, 3.05) is 60.2 Å². The van der Waals surface area contributed by atoms with Crippen LogP contribution in [0.3, 0.4) is 0 Å². The maximum absolute atomic E-state index is 12.7. The van der Waals surface area contributed by atoms with Gasteiger partial charge in [0.15, 0.2) is 0 Å². The number of primary amides is 1. The zero-order valence-electron chi connectivity index (χ0n) is 26.3. The number of azide groups is 1. The minimum Gasteiger partial charge on any atom is -0.449 e. The van der Waals surface area contributed by atoms with Crippen LogP contribution in [0.25, 0.3) is 10.4 Å². The van der Waals surface area contributed by atoms with Crippen molar-refractivity contribution in [1.29, 1.82) is 0 Å². The Bertz CT molecular complexity index is 886. The van der Waals surface area contributed by atoms with Gasteiger partial charge in [0.25, 0.3) is 0 Å². The fraction of sp³-hybridized carbons (Fsp3) is 0.897. The molecule has 1 unspecified atom stereocenters. The third-order valence-corrected chi connectivity index (χ3v) is 8.57.